The fraction of sp³-hybridized carbons (Fsp3) is 0.500. The summed E-state index contributed by atoms with van der Waals surface area (Å²) in [6.45, 7) is 2.49. The maximum absolute atomic E-state index is 13.4. The summed E-state index contributed by atoms with van der Waals surface area (Å²) >= 11 is 0. The molecule has 15 heavy (non-hydrogen) atoms. The van der Waals surface area contributed by atoms with E-state index in [1.165, 1.54) is 6.07 Å². The number of halogens is 1. The van der Waals surface area contributed by atoms with Crippen molar-refractivity contribution in [3.05, 3.63) is 30.1 Å². The van der Waals surface area contributed by atoms with Crippen molar-refractivity contribution >= 4 is 5.69 Å². The van der Waals surface area contributed by atoms with Gasteiger partial charge in [-0.15, -0.1) is 0 Å². The zero-order valence-corrected chi connectivity index (χ0v) is 9.28. The summed E-state index contributed by atoms with van der Waals surface area (Å²) in [5, 5.41) is 9.61. The lowest BCUT2D eigenvalue weighted by atomic mass is 10.2. The van der Waals surface area contributed by atoms with Crippen LogP contribution in [-0.2, 0) is 0 Å². The van der Waals surface area contributed by atoms with Gasteiger partial charge in [-0.25, -0.2) is 4.39 Å². The van der Waals surface area contributed by atoms with E-state index in [-0.39, 0.29) is 11.9 Å². The molecule has 0 saturated heterocycles. The van der Waals surface area contributed by atoms with Gasteiger partial charge in [0.2, 0.25) is 0 Å². The van der Waals surface area contributed by atoms with Crippen LogP contribution in [0, 0.1) is 5.82 Å². The van der Waals surface area contributed by atoms with Crippen LogP contribution in [0.5, 0.6) is 0 Å². The number of likely N-dealkylation sites (N-methyl/N-ethyl adjacent to an activating group) is 1. The maximum Gasteiger partial charge on any atom is 0.146 e. The molecule has 0 saturated carbocycles. The first-order valence-electron chi connectivity index (χ1n) is 5.29. The summed E-state index contributed by atoms with van der Waals surface area (Å²) in [4.78, 5) is 1.75. The van der Waals surface area contributed by atoms with Crippen molar-refractivity contribution in [3.8, 4) is 0 Å². The van der Waals surface area contributed by atoms with Crippen molar-refractivity contribution in [3.63, 3.8) is 0 Å². The third kappa shape index (κ3) is 3.51. The van der Waals surface area contributed by atoms with Gasteiger partial charge < -0.3 is 10.0 Å². The number of benzene rings is 1. The summed E-state index contributed by atoms with van der Waals surface area (Å²) in [6.07, 6.45) is 1.30. The van der Waals surface area contributed by atoms with E-state index >= 15 is 0 Å². The van der Waals surface area contributed by atoms with Gasteiger partial charge in [-0.05, 0) is 18.6 Å². The molecule has 1 atom stereocenters. The largest absolute Gasteiger partial charge is 0.391 e. The summed E-state index contributed by atoms with van der Waals surface area (Å²) in [5.41, 5.74) is 0.535. The fourth-order valence-electron chi connectivity index (χ4n) is 1.60. The van der Waals surface area contributed by atoms with E-state index in [9.17, 15) is 9.50 Å². The Hall–Kier alpha value is -1.09. The molecule has 0 aromatic heterocycles. The van der Waals surface area contributed by atoms with Crippen LogP contribution in [0.15, 0.2) is 24.3 Å². The predicted molar refractivity (Wildman–Crippen MR) is 60.6 cm³/mol. The highest BCUT2D eigenvalue weighted by atomic mass is 19.1. The predicted octanol–water partition coefficient (Wildman–Crippen LogP) is 2.42. The minimum absolute atomic E-state index is 0.247. The Balaban J connectivity index is 2.61. The SMILES string of the molecule is CCCC(O)CN(C)c1ccccc1F. The van der Waals surface area contributed by atoms with E-state index in [0.29, 0.717) is 12.2 Å². The molecular weight excluding hydrogens is 193 g/mol. The van der Waals surface area contributed by atoms with Gasteiger partial charge in [0.25, 0.3) is 0 Å². The fourth-order valence-corrected chi connectivity index (χ4v) is 1.60. The number of hydrogen-bond donors (Lipinski definition) is 1. The van der Waals surface area contributed by atoms with Gasteiger partial charge in [0.1, 0.15) is 5.82 Å². The van der Waals surface area contributed by atoms with Crippen LogP contribution in [0.3, 0.4) is 0 Å². The lowest BCUT2D eigenvalue weighted by Crippen LogP contribution is -2.29. The first-order valence-corrected chi connectivity index (χ1v) is 5.29. The molecule has 0 radical (unpaired) electrons. The molecule has 0 bridgehead atoms. The summed E-state index contributed by atoms with van der Waals surface area (Å²) in [6, 6.07) is 6.60. The second kappa shape index (κ2) is 5.71. The van der Waals surface area contributed by atoms with Gasteiger partial charge in [-0.1, -0.05) is 25.5 Å². The van der Waals surface area contributed by atoms with E-state index in [1.54, 1.807) is 30.1 Å². The van der Waals surface area contributed by atoms with E-state index in [2.05, 4.69) is 0 Å². The van der Waals surface area contributed by atoms with Crippen LogP contribution < -0.4 is 4.90 Å². The zero-order chi connectivity index (χ0) is 11.3. The molecule has 0 fully saturated rings. The van der Waals surface area contributed by atoms with Crippen molar-refractivity contribution in [2.75, 3.05) is 18.5 Å². The average Bonchev–Trinajstić information content (AvgIpc) is 2.18. The summed E-state index contributed by atoms with van der Waals surface area (Å²) < 4.78 is 13.4. The molecule has 0 aliphatic carbocycles. The van der Waals surface area contributed by atoms with Crippen molar-refractivity contribution in [2.24, 2.45) is 0 Å². The van der Waals surface area contributed by atoms with E-state index < -0.39 is 0 Å². The first-order chi connectivity index (χ1) is 7.15. The topological polar surface area (TPSA) is 23.5 Å². The quantitative estimate of drug-likeness (QED) is 0.808. The highest BCUT2D eigenvalue weighted by Crippen LogP contribution is 2.17. The normalized spacial score (nSPS) is 12.5. The lowest BCUT2D eigenvalue weighted by molar-refractivity contribution is 0.170. The van der Waals surface area contributed by atoms with Gasteiger partial charge in [-0.2, -0.15) is 0 Å². The van der Waals surface area contributed by atoms with E-state index in [1.807, 2.05) is 6.92 Å². The van der Waals surface area contributed by atoms with Crippen LogP contribution in [-0.4, -0.2) is 24.8 Å². The molecule has 0 spiro atoms. The molecule has 1 rings (SSSR count). The molecule has 1 aromatic rings. The van der Waals surface area contributed by atoms with Crippen LogP contribution in [0.25, 0.3) is 0 Å². The Morgan fingerprint density at radius 2 is 2.07 bits per heavy atom. The Morgan fingerprint density at radius 3 is 2.67 bits per heavy atom. The highest BCUT2D eigenvalue weighted by Gasteiger charge is 2.10. The number of rotatable bonds is 5. The number of para-hydroxylation sites is 1. The minimum Gasteiger partial charge on any atom is -0.391 e. The van der Waals surface area contributed by atoms with Crippen molar-refractivity contribution in [1.82, 2.24) is 0 Å². The molecule has 1 N–H and O–H groups in total. The third-order valence-corrected chi connectivity index (χ3v) is 2.37. The number of aliphatic hydroxyl groups excluding tert-OH is 1. The Bertz CT molecular complexity index is 303. The second-order valence-corrected chi connectivity index (χ2v) is 3.77. The molecule has 84 valence electrons. The molecule has 0 amide bonds. The zero-order valence-electron chi connectivity index (χ0n) is 9.28. The van der Waals surface area contributed by atoms with Crippen LogP contribution in [0.2, 0.25) is 0 Å². The molecular formula is C12H18FNO. The standard InChI is InChI=1S/C12H18FNO/c1-3-6-10(15)9-14(2)12-8-5-4-7-11(12)13/h4-5,7-8,10,15H,3,6,9H2,1-2H3. The summed E-state index contributed by atoms with van der Waals surface area (Å²) in [7, 11) is 1.79. The molecule has 2 nitrogen and oxygen atoms in total. The minimum atomic E-state index is -0.389. The number of hydrogen-bond acceptors (Lipinski definition) is 2. The molecule has 0 aliphatic heterocycles. The van der Waals surface area contributed by atoms with Crippen LogP contribution in [0.1, 0.15) is 19.8 Å². The molecule has 1 aromatic carbocycles. The number of nitrogens with zero attached hydrogens (tertiary/aromatic N) is 1. The van der Waals surface area contributed by atoms with E-state index in [4.69, 9.17) is 0 Å². The van der Waals surface area contributed by atoms with Crippen LogP contribution in [0.4, 0.5) is 10.1 Å². The van der Waals surface area contributed by atoms with Crippen molar-refractivity contribution in [1.29, 1.82) is 0 Å². The Morgan fingerprint density at radius 1 is 1.40 bits per heavy atom. The smallest absolute Gasteiger partial charge is 0.146 e. The van der Waals surface area contributed by atoms with E-state index in [0.717, 1.165) is 12.8 Å². The van der Waals surface area contributed by atoms with Crippen LogP contribution >= 0.6 is 0 Å². The van der Waals surface area contributed by atoms with Gasteiger partial charge in [0.05, 0.1) is 11.8 Å². The molecule has 0 heterocycles. The number of aliphatic hydroxyl groups is 1. The average molecular weight is 211 g/mol. The third-order valence-electron chi connectivity index (χ3n) is 2.37. The van der Waals surface area contributed by atoms with Crippen molar-refractivity contribution < 1.29 is 9.50 Å². The van der Waals surface area contributed by atoms with Gasteiger partial charge in [-0.3, -0.25) is 0 Å². The molecule has 3 heteroatoms. The highest BCUT2D eigenvalue weighted by molar-refractivity contribution is 5.46. The van der Waals surface area contributed by atoms with Gasteiger partial charge in [0, 0.05) is 13.6 Å². The summed E-state index contributed by atoms with van der Waals surface area (Å²) in [5.74, 6) is -0.247. The first kappa shape index (κ1) is 12.0. The Labute approximate surface area is 90.3 Å². The maximum atomic E-state index is 13.4. The molecule has 0 aliphatic rings. The van der Waals surface area contributed by atoms with Crippen molar-refractivity contribution in [2.45, 2.75) is 25.9 Å². The monoisotopic (exact) mass is 211 g/mol. The second-order valence-electron chi connectivity index (χ2n) is 3.77. The number of anilines is 1. The molecule has 1 unspecified atom stereocenters. The Kier molecular flexibility index (Phi) is 4.56. The lowest BCUT2D eigenvalue weighted by Gasteiger charge is -2.22. The van der Waals surface area contributed by atoms with Gasteiger partial charge >= 0.3 is 0 Å². The van der Waals surface area contributed by atoms with Gasteiger partial charge in [0.15, 0.2) is 0 Å².